The number of hydrogen-bond donors (Lipinski definition) is 2. The molecule has 108 valence electrons. The third-order valence-electron chi connectivity index (χ3n) is 3.10. The Morgan fingerprint density at radius 2 is 2.45 bits per heavy atom. The van der Waals surface area contributed by atoms with Gasteiger partial charge < -0.3 is 19.7 Å². The number of nitrogens with zero attached hydrogens (tertiary/aromatic N) is 2. The molecule has 1 aliphatic heterocycles. The molecule has 1 aliphatic rings. The van der Waals surface area contributed by atoms with Gasteiger partial charge in [-0.3, -0.25) is 0 Å². The first-order chi connectivity index (χ1) is 9.61. The van der Waals surface area contributed by atoms with Gasteiger partial charge in [0.15, 0.2) is 0 Å². The highest BCUT2D eigenvalue weighted by atomic mass is 16.5. The quantitative estimate of drug-likeness (QED) is 0.791. The van der Waals surface area contributed by atoms with Crippen molar-refractivity contribution < 1.29 is 19.4 Å². The van der Waals surface area contributed by atoms with E-state index in [1.54, 1.807) is 10.8 Å². The Bertz CT molecular complexity index is 524. The topological polar surface area (TPSA) is 93.5 Å². The van der Waals surface area contributed by atoms with Crippen LogP contribution in [0, 0.1) is 0 Å². The van der Waals surface area contributed by atoms with Crippen molar-refractivity contribution in [2.45, 2.75) is 31.8 Å². The zero-order valence-corrected chi connectivity index (χ0v) is 11.0. The van der Waals surface area contributed by atoms with E-state index in [2.05, 4.69) is 16.9 Å². The molecule has 0 aromatic carbocycles. The summed E-state index contributed by atoms with van der Waals surface area (Å²) in [6.07, 6.45) is 4.78. The van der Waals surface area contributed by atoms with Crippen LogP contribution in [0.3, 0.4) is 0 Å². The molecule has 0 saturated heterocycles. The summed E-state index contributed by atoms with van der Waals surface area (Å²) in [7, 11) is 0. The van der Waals surface area contributed by atoms with Crippen LogP contribution in [-0.4, -0.2) is 33.3 Å². The van der Waals surface area contributed by atoms with Gasteiger partial charge >= 0.3 is 12.1 Å². The van der Waals surface area contributed by atoms with Crippen molar-refractivity contribution in [1.82, 2.24) is 14.9 Å². The molecule has 7 nitrogen and oxygen atoms in total. The highest BCUT2D eigenvalue weighted by Crippen LogP contribution is 2.25. The maximum absolute atomic E-state index is 11.3. The zero-order chi connectivity index (χ0) is 14.5. The molecule has 1 amide bonds. The predicted octanol–water partition coefficient (Wildman–Crippen LogP) is 1.26. The number of carbonyl (C=O) groups is 2. The molecule has 1 aromatic heterocycles. The van der Waals surface area contributed by atoms with Crippen molar-refractivity contribution in [2.24, 2.45) is 0 Å². The smallest absolute Gasteiger partial charge is 0.407 e. The van der Waals surface area contributed by atoms with Crippen LogP contribution in [-0.2, 0) is 22.5 Å². The molecular formula is C13H17N3O4. The molecule has 2 rings (SSSR count). The fourth-order valence-electron chi connectivity index (χ4n) is 2.21. The van der Waals surface area contributed by atoms with Crippen LogP contribution in [0.1, 0.15) is 30.4 Å². The normalized spacial score (nSPS) is 17.1. The Labute approximate surface area is 116 Å². The fourth-order valence-corrected chi connectivity index (χ4v) is 2.21. The molecule has 2 N–H and O–H groups in total. The van der Waals surface area contributed by atoms with Gasteiger partial charge in [0, 0.05) is 12.6 Å². The lowest BCUT2D eigenvalue weighted by Gasteiger charge is -2.20. The molecule has 1 unspecified atom stereocenters. The second-order valence-electron chi connectivity index (χ2n) is 4.54. The summed E-state index contributed by atoms with van der Waals surface area (Å²) in [5.41, 5.74) is 0.628. The minimum absolute atomic E-state index is 0.145. The Balaban J connectivity index is 1.99. The monoisotopic (exact) mass is 279 g/mol. The number of imidazole rings is 1. The average Bonchev–Trinajstić information content (AvgIpc) is 2.85. The molecule has 0 aliphatic carbocycles. The largest absolute Gasteiger partial charge is 0.480 e. The molecule has 1 aromatic rings. The Morgan fingerprint density at radius 1 is 1.65 bits per heavy atom. The number of aryl methyl sites for hydroxylation is 1. The van der Waals surface area contributed by atoms with Crippen LogP contribution in [0.4, 0.5) is 4.79 Å². The minimum atomic E-state index is -0.853. The second kappa shape index (κ2) is 6.23. The van der Waals surface area contributed by atoms with Gasteiger partial charge in [-0.25, -0.2) is 14.6 Å². The second-order valence-corrected chi connectivity index (χ2v) is 4.54. The van der Waals surface area contributed by atoms with Gasteiger partial charge in [-0.2, -0.15) is 0 Å². The third-order valence-corrected chi connectivity index (χ3v) is 3.10. The van der Waals surface area contributed by atoms with Gasteiger partial charge in [-0.15, -0.1) is 0 Å². The Morgan fingerprint density at radius 3 is 3.15 bits per heavy atom. The van der Waals surface area contributed by atoms with Gasteiger partial charge in [-0.05, 0) is 12.8 Å². The number of carboxylic acids is 1. The molecule has 0 saturated carbocycles. The molecule has 0 radical (unpaired) electrons. The van der Waals surface area contributed by atoms with E-state index >= 15 is 0 Å². The van der Waals surface area contributed by atoms with Gasteiger partial charge in [0.2, 0.25) is 0 Å². The van der Waals surface area contributed by atoms with E-state index in [9.17, 15) is 9.59 Å². The molecule has 1 atom stereocenters. The number of nitrogens with one attached hydrogen (secondary N) is 1. The van der Waals surface area contributed by atoms with Crippen molar-refractivity contribution in [1.29, 1.82) is 0 Å². The van der Waals surface area contributed by atoms with E-state index in [1.807, 2.05) is 0 Å². The summed E-state index contributed by atoms with van der Waals surface area (Å²) < 4.78 is 6.46. The summed E-state index contributed by atoms with van der Waals surface area (Å²) in [4.78, 5) is 26.8. The summed E-state index contributed by atoms with van der Waals surface area (Å²) in [5, 5.41) is 11.7. The fraction of sp³-hybridized carbons (Fsp3) is 0.462. The van der Waals surface area contributed by atoms with E-state index in [0.717, 1.165) is 18.7 Å². The number of aliphatic carboxylic acids is 1. The van der Waals surface area contributed by atoms with E-state index in [0.29, 0.717) is 12.1 Å². The number of alkyl carbamates (subject to hydrolysis) is 1. The van der Waals surface area contributed by atoms with Crippen LogP contribution >= 0.6 is 0 Å². The number of carbonyl (C=O) groups excluding carboxylic acids is 1. The number of fused-ring (bicyclic) bond motifs is 1. The van der Waals surface area contributed by atoms with Crippen molar-refractivity contribution in [3.05, 3.63) is 30.4 Å². The van der Waals surface area contributed by atoms with E-state index in [-0.39, 0.29) is 13.2 Å². The maximum Gasteiger partial charge on any atom is 0.407 e. The van der Waals surface area contributed by atoms with Crippen LogP contribution in [0.5, 0.6) is 0 Å². The number of carboxylic acid groups (broad SMARTS) is 1. The van der Waals surface area contributed by atoms with E-state index in [4.69, 9.17) is 9.84 Å². The number of rotatable bonds is 5. The number of ether oxygens (including phenoxy) is 1. The molecule has 0 bridgehead atoms. The molecule has 0 fully saturated rings. The molecule has 20 heavy (non-hydrogen) atoms. The third kappa shape index (κ3) is 3.17. The first-order valence-electron chi connectivity index (χ1n) is 6.42. The number of aromatic nitrogens is 2. The SMILES string of the molecule is C=CCOC(=O)NCc1cn2c(n1)CCCC2C(=O)O. The predicted molar refractivity (Wildman–Crippen MR) is 70.2 cm³/mol. The van der Waals surface area contributed by atoms with E-state index < -0.39 is 18.1 Å². The lowest BCUT2D eigenvalue weighted by Crippen LogP contribution is -2.24. The van der Waals surface area contributed by atoms with Gasteiger partial charge in [0.05, 0.1) is 12.2 Å². The zero-order valence-electron chi connectivity index (χ0n) is 11.0. The molecular weight excluding hydrogens is 262 g/mol. The van der Waals surface area contributed by atoms with Gasteiger partial charge in [-0.1, -0.05) is 12.7 Å². The van der Waals surface area contributed by atoms with Crippen LogP contribution in [0.15, 0.2) is 18.9 Å². The van der Waals surface area contributed by atoms with Crippen molar-refractivity contribution in [2.75, 3.05) is 6.61 Å². The highest BCUT2D eigenvalue weighted by molar-refractivity contribution is 5.72. The summed E-state index contributed by atoms with van der Waals surface area (Å²) in [6, 6.07) is -0.562. The number of amides is 1. The maximum atomic E-state index is 11.3. The minimum Gasteiger partial charge on any atom is -0.480 e. The van der Waals surface area contributed by atoms with Crippen LogP contribution in [0.25, 0.3) is 0 Å². The van der Waals surface area contributed by atoms with Gasteiger partial charge in [0.1, 0.15) is 18.5 Å². The highest BCUT2D eigenvalue weighted by Gasteiger charge is 2.26. The summed E-state index contributed by atoms with van der Waals surface area (Å²) in [5.74, 6) is -0.104. The molecule has 2 heterocycles. The van der Waals surface area contributed by atoms with Crippen molar-refractivity contribution in [3.63, 3.8) is 0 Å². The Hall–Kier alpha value is -2.31. The van der Waals surface area contributed by atoms with Crippen molar-refractivity contribution >= 4 is 12.1 Å². The molecule has 7 heteroatoms. The Kier molecular flexibility index (Phi) is 4.39. The van der Waals surface area contributed by atoms with Crippen LogP contribution in [0.2, 0.25) is 0 Å². The van der Waals surface area contributed by atoms with Gasteiger partial charge in [0.25, 0.3) is 0 Å². The van der Waals surface area contributed by atoms with E-state index in [1.165, 1.54) is 6.08 Å². The first kappa shape index (κ1) is 14.1. The lowest BCUT2D eigenvalue weighted by atomic mass is 10.1. The lowest BCUT2D eigenvalue weighted by molar-refractivity contribution is -0.141. The standard InChI is InChI=1S/C13H17N3O4/c1-2-6-20-13(19)14-7-9-8-16-10(12(17)18)4-3-5-11(16)15-9/h2,8,10H,1,3-7H2,(H,14,19)(H,17,18). The van der Waals surface area contributed by atoms with Crippen molar-refractivity contribution in [3.8, 4) is 0 Å². The first-order valence-corrected chi connectivity index (χ1v) is 6.42. The summed E-state index contributed by atoms with van der Waals surface area (Å²) >= 11 is 0. The summed E-state index contributed by atoms with van der Waals surface area (Å²) in [6.45, 7) is 3.80. The number of hydrogen-bond acceptors (Lipinski definition) is 4. The van der Waals surface area contributed by atoms with Crippen LogP contribution < -0.4 is 5.32 Å². The average molecular weight is 279 g/mol. The molecule has 0 spiro atoms.